The largest absolute Gasteiger partial charge is 0.493 e. The molecular weight excluding hydrogens is 756 g/mol. The fraction of sp³-hybridized carbons (Fsp3) is 0.308. The number of nitrogens with zero attached hydrogens (tertiary/aromatic N) is 4. The van der Waals surface area contributed by atoms with Crippen LogP contribution in [0, 0.1) is 57.4 Å². The average molecular weight is 791 g/mol. The van der Waals surface area contributed by atoms with Gasteiger partial charge in [-0.25, -0.2) is 35.1 Å². The van der Waals surface area contributed by atoms with E-state index in [0.29, 0.717) is 32.6 Å². The summed E-state index contributed by atoms with van der Waals surface area (Å²) in [4.78, 5) is 14.4. The van der Waals surface area contributed by atoms with Crippen LogP contribution >= 0.6 is 0 Å². The number of hydrogen-bond donors (Lipinski definition) is 0. The Bertz CT molecular complexity index is 2200. The zero-order valence-electron chi connectivity index (χ0n) is 31.2. The summed E-state index contributed by atoms with van der Waals surface area (Å²) in [5, 5.41) is 9.98. The third-order valence-electron chi connectivity index (χ3n) is 9.58. The SMILES string of the molecule is COc1ccc(C2=NN(c3c(F)c(F)c(F)c(F)c3C(=O)c3c(F)c(F)c(F)c(F)c3N3CC(C)(C)C(c4ccc(OC)c(OC)c4)=N3)CC2(C)C)cc1OC. The molecule has 0 fully saturated rings. The van der Waals surface area contributed by atoms with Gasteiger partial charge in [0.1, 0.15) is 11.4 Å². The highest BCUT2D eigenvalue weighted by molar-refractivity contribution is 6.17. The van der Waals surface area contributed by atoms with Crippen LogP contribution in [0.2, 0.25) is 0 Å². The van der Waals surface area contributed by atoms with E-state index in [0.717, 1.165) is 0 Å². The Morgan fingerprint density at radius 2 is 0.839 bits per heavy atom. The van der Waals surface area contributed by atoms with Crippen molar-refractivity contribution in [3.05, 3.63) is 105 Å². The molecule has 0 amide bonds. The number of ether oxygens (including phenoxy) is 4. The third kappa shape index (κ3) is 6.31. The van der Waals surface area contributed by atoms with Crippen molar-refractivity contribution in [1.29, 1.82) is 0 Å². The van der Waals surface area contributed by atoms with Crippen LogP contribution in [0.1, 0.15) is 54.7 Å². The van der Waals surface area contributed by atoms with Gasteiger partial charge in [0.2, 0.25) is 5.78 Å². The average Bonchev–Trinajstić information content (AvgIpc) is 3.67. The van der Waals surface area contributed by atoms with E-state index in [-0.39, 0.29) is 22.9 Å². The molecule has 0 unspecified atom stereocenters. The first-order valence-corrected chi connectivity index (χ1v) is 16.8. The van der Waals surface area contributed by atoms with Gasteiger partial charge in [0.15, 0.2) is 69.5 Å². The molecule has 4 aromatic carbocycles. The highest BCUT2D eigenvalue weighted by atomic mass is 19.2. The molecular formula is C39H34F8N4O5. The van der Waals surface area contributed by atoms with E-state index in [1.54, 1.807) is 39.8 Å². The number of hydrogen-bond acceptors (Lipinski definition) is 9. The van der Waals surface area contributed by atoms with Crippen molar-refractivity contribution < 1.29 is 58.9 Å². The molecule has 0 atom stereocenters. The number of hydrazone groups is 2. The van der Waals surface area contributed by atoms with Gasteiger partial charge in [-0.15, -0.1) is 0 Å². The zero-order chi connectivity index (χ0) is 41.2. The molecule has 2 aliphatic heterocycles. The first-order valence-electron chi connectivity index (χ1n) is 16.8. The van der Waals surface area contributed by atoms with Crippen molar-refractivity contribution in [2.45, 2.75) is 27.7 Å². The van der Waals surface area contributed by atoms with E-state index < -0.39 is 98.7 Å². The lowest BCUT2D eigenvalue weighted by Crippen LogP contribution is -2.31. The maximum Gasteiger partial charge on any atom is 0.203 e. The fourth-order valence-corrected chi connectivity index (χ4v) is 6.87. The van der Waals surface area contributed by atoms with Gasteiger partial charge in [-0.2, -0.15) is 10.2 Å². The Balaban J connectivity index is 1.56. The quantitative estimate of drug-likeness (QED) is 0.0689. The van der Waals surface area contributed by atoms with E-state index >= 15 is 35.1 Å². The second-order valence-electron chi connectivity index (χ2n) is 14.2. The summed E-state index contributed by atoms with van der Waals surface area (Å²) >= 11 is 0. The number of benzene rings is 4. The van der Waals surface area contributed by atoms with E-state index in [2.05, 4.69) is 10.2 Å². The predicted octanol–water partition coefficient (Wildman–Crippen LogP) is 8.57. The van der Waals surface area contributed by atoms with Gasteiger partial charge in [0, 0.05) is 22.0 Å². The van der Waals surface area contributed by atoms with Gasteiger partial charge < -0.3 is 18.9 Å². The zero-order valence-corrected chi connectivity index (χ0v) is 31.2. The maximum atomic E-state index is 16.0. The van der Waals surface area contributed by atoms with Crippen molar-refractivity contribution in [3.8, 4) is 23.0 Å². The monoisotopic (exact) mass is 790 g/mol. The molecule has 2 aliphatic rings. The molecule has 0 saturated heterocycles. The van der Waals surface area contributed by atoms with Crippen molar-refractivity contribution in [2.24, 2.45) is 21.0 Å². The molecule has 0 spiro atoms. The molecule has 0 N–H and O–H groups in total. The van der Waals surface area contributed by atoms with E-state index in [9.17, 15) is 4.79 Å². The molecule has 0 radical (unpaired) electrons. The number of carbonyl (C=O) groups is 1. The van der Waals surface area contributed by atoms with Crippen LogP contribution in [0.25, 0.3) is 0 Å². The first-order chi connectivity index (χ1) is 26.3. The van der Waals surface area contributed by atoms with E-state index in [1.165, 1.54) is 52.7 Å². The lowest BCUT2D eigenvalue weighted by Gasteiger charge is -2.26. The number of rotatable bonds is 10. The highest BCUT2D eigenvalue weighted by Gasteiger charge is 2.45. The van der Waals surface area contributed by atoms with Gasteiger partial charge in [-0.05, 0) is 36.4 Å². The topological polar surface area (TPSA) is 85.2 Å². The predicted molar refractivity (Wildman–Crippen MR) is 190 cm³/mol. The van der Waals surface area contributed by atoms with Crippen LogP contribution in [0.15, 0.2) is 46.6 Å². The minimum Gasteiger partial charge on any atom is -0.493 e. The highest BCUT2D eigenvalue weighted by Crippen LogP contribution is 2.45. The molecule has 0 aromatic heterocycles. The third-order valence-corrected chi connectivity index (χ3v) is 9.58. The van der Waals surface area contributed by atoms with Crippen LogP contribution in [0.5, 0.6) is 23.0 Å². The van der Waals surface area contributed by atoms with Gasteiger partial charge in [0.25, 0.3) is 0 Å². The van der Waals surface area contributed by atoms with Crippen LogP contribution in [0.3, 0.4) is 0 Å². The summed E-state index contributed by atoms with van der Waals surface area (Å²) in [5.41, 5.74) is -7.10. The number of ketones is 1. The Kier molecular flexibility index (Phi) is 10.2. The number of anilines is 2. The van der Waals surface area contributed by atoms with Crippen LogP contribution in [-0.2, 0) is 0 Å². The molecule has 9 nitrogen and oxygen atoms in total. The number of methoxy groups -OCH3 is 4. The van der Waals surface area contributed by atoms with Crippen molar-refractivity contribution in [2.75, 3.05) is 51.5 Å². The summed E-state index contributed by atoms with van der Waals surface area (Å²) in [5.74, 6) is -19.5. The second-order valence-corrected chi connectivity index (χ2v) is 14.2. The Morgan fingerprint density at radius 1 is 0.518 bits per heavy atom. The molecule has 2 heterocycles. The van der Waals surface area contributed by atoms with Crippen molar-refractivity contribution in [3.63, 3.8) is 0 Å². The number of carbonyl (C=O) groups excluding carboxylic acids is 1. The normalized spacial score (nSPS) is 15.9. The minimum absolute atomic E-state index is 0.170. The van der Waals surface area contributed by atoms with Crippen LogP contribution in [0.4, 0.5) is 46.5 Å². The lowest BCUT2D eigenvalue weighted by molar-refractivity contribution is 0.102. The standard InChI is InChI=1S/C39H34F8N4O5/c1-38(2)15-50(48-36(38)17-9-11-19(53-5)21(13-17)55-7)33-23(25(40)27(42)29(44)31(33)46)35(52)24-26(41)28(43)30(45)32(47)34(24)51-16-39(3,4)37(49-51)18-10-12-20(54-6)22(14-18)56-8/h9-14H,15-16H2,1-8H3. The fourth-order valence-electron chi connectivity index (χ4n) is 6.87. The summed E-state index contributed by atoms with van der Waals surface area (Å²) in [6.45, 7) is 5.65. The Morgan fingerprint density at radius 3 is 1.16 bits per heavy atom. The molecule has 296 valence electrons. The summed E-state index contributed by atoms with van der Waals surface area (Å²) < 4.78 is 145. The molecule has 6 rings (SSSR count). The van der Waals surface area contributed by atoms with E-state index in [1.807, 2.05) is 0 Å². The molecule has 0 aliphatic carbocycles. The first kappa shape index (κ1) is 39.8. The van der Waals surface area contributed by atoms with Gasteiger partial charge in [0.05, 0.1) is 64.1 Å². The molecule has 17 heteroatoms. The minimum atomic E-state index is -2.49. The molecule has 56 heavy (non-hydrogen) atoms. The molecule has 4 aromatic rings. The Labute approximate surface area is 315 Å². The number of halogens is 8. The van der Waals surface area contributed by atoms with E-state index in [4.69, 9.17) is 18.9 Å². The summed E-state index contributed by atoms with van der Waals surface area (Å²) in [6.07, 6.45) is 0. The maximum absolute atomic E-state index is 16.0. The Hall–Kier alpha value is -5.87. The van der Waals surface area contributed by atoms with Crippen LogP contribution < -0.4 is 29.0 Å². The summed E-state index contributed by atoms with van der Waals surface area (Å²) in [6, 6.07) is 9.19. The van der Waals surface area contributed by atoms with Crippen molar-refractivity contribution >= 4 is 28.6 Å². The van der Waals surface area contributed by atoms with Crippen LogP contribution in [-0.4, -0.2) is 58.7 Å². The smallest absolute Gasteiger partial charge is 0.203 e. The lowest BCUT2D eigenvalue weighted by atomic mass is 9.84. The van der Waals surface area contributed by atoms with Gasteiger partial charge >= 0.3 is 0 Å². The molecule has 0 saturated carbocycles. The second kappa shape index (κ2) is 14.3. The van der Waals surface area contributed by atoms with Crippen molar-refractivity contribution in [1.82, 2.24) is 0 Å². The summed E-state index contributed by atoms with van der Waals surface area (Å²) in [7, 11) is 5.53. The van der Waals surface area contributed by atoms with Gasteiger partial charge in [-0.1, -0.05) is 27.7 Å². The van der Waals surface area contributed by atoms with Gasteiger partial charge in [-0.3, -0.25) is 14.8 Å². The molecule has 0 bridgehead atoms.